The second-order valence-electron chi connectivity index (χ2n) is 10.2. The van der Waals surface area contributed by atoms with Crippen molar-refractivity contribution in [3.63, 3.8) is 0 Å². The zero-order valence-electron chi connectivity index (χ0n) is 18.3. The molecule has 0 spiro atoms. The zero-order valence-corrected chi connectivity index (χ0v) is 18.3. The highest BCUT2D eigenvalue weighted by atomic mass is 14.4. The van der Waals surface area contributed by atoms with Gasteiger partial charge < -0.3 is 0 Å². The van der Waals surface area contributed by atoms with Crippen molar-refractivity contribution in [1.82, 2.24) is 0 Å². The van der Waals surface area contributed by atoms with Gasteiger partial charge in [0.2, 0.25) is 0 Å². The van der Waals surface area contributed by atoms with Crippen molar-refractivity contribution in [1.29, 1.82) is 0 Å². The minimum Gasteiger partial charge on any atom is -0.0625 e. The van der Waals surface area contributed by atoms with Crippen LogP contribution in [0.5, 0.6) is 0 Å². The first-order valence-corrected chi connectivity index (χ1v) is 11.6. The Bertz CT molecular complexity index is 754. The fourth-order valence-corrected chi connectivity index (χ4v) is 6.27. The monoisotopic (exact) mass is 374 g/mol. The maximum absolute atomic E-state index is 2.54. The zero-order chi connectivity index (χ0) is 19.7. The molecule has 2 saturated carbocycles. The molecule has 0 bridgehead atoms. The second kappa shape index (κ2) is 8.44. The highest BCUT2D eigenvalue weighted by molar-refractivity contribution is 5.26. The number of rotatable bonds is 3. The molecule has 2 aromatic rings. The molecule has 0 nitrogen and oxygen atoms in total. The van der Waals surface area contributed by atoms with E-state index >= 15 is 0 Å². The molecule has 0 amide bonds. The molecule has 2 aliphatic rings. The standard InChI is InChI=1S/C28H38/c1-19-5-10-23(11-6-19)25-14-9-22(4)28(18-25)27-16-21(3)15-26(17-27)24-12-7-20(2)8-13-24/h5-8,10-13,21-22,25-28H,9,14-18H2,1-4H3. The summed E-state index contributed by atoms with van der Waals surface area (Å²) in [4.78, 5) is 0. The van der Waals surface area contributed by atoms with Gasteiger partial charge in [-0.3, -0.25) is 0 Å². The minimum atomic E-state index is 0.765. The van der Waals surface area contributed by atoms with Gasteiger partial charge in [-0.2, -0.15) is 0 Å². The minimum absolute atomic E-state index is 0.765. The molecule has 0 heterocycles. The second-order valence-corrected chi connectivity index (χ2v) is 10.2. The number of aryl methyl sites for hydroxylation is 2. The van der Waals surface area contributed by atoms with Crippen molar-refractivity contribution in [3.05, 3.63) is 70.8 Å². The van der Waals surface area contributed by atoms with Crippen LogP contribution in [0.15, 0.2) is 48.5 Å². The van der Waals surface area contributed by atoms with Crippen LogP contribution in [0.4, 0.5) is 0 Å². The van der Waals surface area contributed by atoms with Crippen molar-refractivity contribution < 1.29 is 0 Å². The van der Waals surface area contributed by atoms with Crippen LogP contribution in [0.25, 0.3) is 0 Å². The third kappa shape index (κ3) is 4.37. The van der Waals surface area contributed by atoms with E-state index in [2.05, 4.69) is 76.2 Å². The predicted molar refractivity (Wildman–Crippen MR) is 121 cm³/mol. The van der Waals surface area contributed by atoms with Crippen LogP contribution in [-0.4, -0.2) is 0 Å². The average Bonchev–Trinajstić information content (AvgIpc) is 2.69. The van der Waals surface area contributed by atoms with Gasteiger partial charge in [-0.05, 0) is 99.0 Å². The van der Waals surface area contributed by atoms with Gasteiger partial charge in [-0.25, -0.2) is 0 Å². The smallest absolute Gasteiger partial charge is 0.0157 e. The summed E-state index contributed by atoms with van der Waals surface area (Å²) in [5.74, 6) is 5.08. The van der Waals surface area contributed by atoms with Crippen LogP contribution >= 0.6 is 0 Å². The van der Waals surface area contributed by atoms with E-state index in [1.165, 1.54) is 49.7 Å². The molecule has 0 heteroatoms. The summed E-state index contributed by atoms with van der Waals surface area (Å²) in [6, 6.07) is 18.8. The van der Waals surface area contributed by atoms with Crippen molar-refractivity contribution in [2.45, 2.75) is 78.1 Å². The number of hydrogen-bond donors (Lipinski definition) is 0. The normalized spacial score (nSPS) is 33.6. The molecular formula is C28H38. The van der Waals surface area contributed by atoms with Gasteiger partial charge in [0.15, 0.2) is 0 Å². The third-order valence-corrected chi connectivity index (χ3v) is 7.94. The molecule has 2 aromatic carbocycles. The van der Waals surface area contributed by atoms with E-state index in [1.54, 1.807) is 11.1 Å². The molecule has 0 radical (unpaired) electrons. The van der Waals surface area contributed by atoms with Crippen LogP contribution in [0.1, 0.15) is 86.5 Å². The lowest BCUT2D eigenvalue weighted by atomic mass is 9.61. The molecule has 28 heavy (non-hydrogen) atoms. The summed E-state index contributed by atoms with van der Waals surface area (Å²) in [6.45, 7) is 9.43. The molecule has 2 aliphatic carbocycles. The van der Waals surface area contributed by atoms with Gasteiger partial charge in [0.1, 0.15) is 0 Å². The van der Waals surface area contributed by atoms with E-state index < -0.39 is 0 Å². The lowest BCUT2D eigenvalue weighted by molar-refractivity contribution is 0.100. The van der Waals surface area contributed by atoms with E-state index in [9.17, 15) is 0 Å². The third-order valence-electron chi connectivity index (χ3n) is 7.94. The van der Waals surface area contributed by atoms with E-state index in [0.717, 1.165) is 35.5 Å². The highest BCUT2D eigenvalue weighted by Crippen LogP contribution is 2.50. The summed E-state index contributed by atoms with van der Waals surface area (Å²) < 4.78 is 0. The Morgan fingerprint density at radius 3 is 1.79 bits per heavy atom. The lowest BCUT2D eigenvalue weighted by Crippen LogP contribution is -2.33. The summed E-state index contributed by atoms with van der Waals surface area (Å²) in [5.41, 5.74) is 5.93. The summed E-state index contributed by atoms with van der Waals surface area (Å²) in [5, 5.41) is 0. The van der Waals surface area contributed by atoms with Crippen LogP contribution in [0.3, 0.4) is 0 Å². The maximum atomic E-state index is 2.54. The topological polar surface area (TPSA) is 0 Å². The van der Waals surface area contributed by atoms with Crippen molar-refractivity contribution in [3.8, 4) is 0 Å². The Hall–Kier alpha value is -1.56. The summed E-state index contributed by atoms with van der Waals surface area (Å²) >= 11 is 0. The van der Waals surface area contributed by atoms with Crippen molar-refractivity contribution >= 4 is 0 Å². The molecule has 150 valence electrons. The predicted octanol–water partition coefficient (Wildman–Crippen LogP) is 8.04. The molecule has 6 atom stereocenters. The molecule has 0 aromatic heterocycles. The summed E-state index contributed by atoms with van der Waals surface area (Å²) in [6.07, 6.45) is 8.42. The Labute approximate surface area is 172 Å². The quantitative estimate of drug-likeness (QED) is 0.510. The molecule has 0 N–H and O–H groups in total. The largest absolute Gasteiger partial charge is 0.0625 e. The SMILES string of the molecule is Cc1ccc(C2CC(C)CC(C3CC(c4ccc(C)cc4)CCC3C)C2)cc1. The van der Waals surface area contributed by atoms with Crippen LogP contribution in [-0.2, 0) is 0 Å². The van der Waals surface area contributed by atoms with E-state index in [1.807, 2.05) is 0 Å². The van der Waals surface area contributed by atoms with Gasteiger partial charge >= 0.3 is 0 Å². The van der Waals surface area contributed by atoms with Gasteiger partial charge in [0.05, 0.1) is 0 Å². The fraction of sp³-hybridized carbons (Fsp3) is 0.571. The maximum Gasteiger partial charge on any atom is -0.0157 e. The van der Waals surface area contributed by atoms with Crippen molar-refractivity contribution in [2.75, 3.05) is 0 Å². The first kappa shape index (κ1) is 19.7. The van der Waals surface area contributed by atoms with E-state index in [0.29, 0.717) is 0 Å². The fourth-order valence-electron chi connectivity index (χ4n) is 6.27. The van der Waals surface area contributed by atoms with Crippen molar-refractivity contribution in [2.24, 2.45) is 23.7 Å². The number of benzene rings is 2. The average molecular weight is 375 g/mol. The molecule has 2 fully saturated rings. The van der Waals surface area contributed by atoms with E-state index in [-0.39, 0.29) is 0 Å². The van der Waals surface area contributed by atoms with Crippen LogP contribution < -0.4 is 0 Å². The van der Waals surface area contributed by atoms with E-state index in [4.69, 9.17) is 0 Å². The van der Waals surface area contributed by atoms with Crippen LogP contribution in [0, 0.1) is 37.5 Å². The first-order chi connectivity index (χ1) is 13.5. The Morgan fingerprint density at radius 2 is 1.18 bits per heavy atom. The highest BCUT2D eigenvalue weighted by Gasteiger charge is 2.38. The summed E-state index contributed by atoms with van der Waals surface area (Å²) in [7, 11) is 0. The first-order valence-electron chi connectivity index (χ1n) is 11.6. The molecule has 6 unspecified atom stereocenters. The molecule has 0 aliphatic heterocycles. The lowest BCUT2D eigenvalue weighted by Gasteiger charge is -2.44. The Kier molecular flexibility index (Phi) is 5.95. The molecule has 4 rings (SSSR count). The van der Waals surface area contributed by atoms with Gasteiger partial charge in [-0.1, -0.05) is 73.5 Å². The molecule has 0 saturated heterocycles. The van der Waals surface area contributed by atoms with Crippen LogP contribution in [0.2, 0.25) is 0 Å². The Balaban J connectivity index is 1.50. The molecular weight excluding hydrogens is 336 g/mol. The van der Waals surface area contributed by atoms with Gasteiger partial charge in [0, 0.05) is 0 Å². The Morgan fingerprint density at radius 1 is 0.607 bits per heavy atom. The van der Waals surface area contributed by atoms with Gasteiger partial charge in [-0.15, -0.1) is 0 Å². The van der Waals surface area contributed by atoms with Gasteiger partial charge in [0.25, 0.3) is 0 Å². The number of hydrogen-bond acceptors (Lipinski definition) is 0.